The lowest BCUT2D eigenvalue weighted by Gasteiger charge is -2.08. The number of carbonyl (C=O) groups excluding carboxylic acids is 3. The number of nitrogens with one attached hydrogen (secondary N) is 2. The number of halogens is 3. The fourth-order valence-electron chi connectivity index (χ4n) is 2.41. The highest BCUT2D eigenvalue weighted by Gasteiger charge is 2.15. The number of rotatable bonds is 5. The first-order chi connectivity index (χ1) is 15.3. The summed E-state index contributed by atoms with van der Waals surface area (Å²) in [7, 11) is 0. The fourth-order valence-corrected chi connectivity index (χ4v) is 2.87. The zero-order chi connectivity index (χ0) is 23.1. The number of amides is 2. The maximum atomic E-state index is 12.3. The molecule has 0 aromatic heterocycles. The third-order valence-electron chi connectivity index (χ3n) is 3.95. The summed E-state index contributed by atoms with van der Waals surface area (Å²) in [6.45, 7) is 0. The van der Waals surface area contributed by atoms with Crippen molar-refractivity contribution in [1.82, 2.24) is 5.43 Å². The summed E-state index contributed by atoms with van der Waals surface area (Å²) in [5.41, 5.74) is 2.98. The molecule has 3 rings (SSSR count). The average molecular weight is 491 g/mol. The summed E-state index contributed by atoms with van der Waals surface area (Å²) in [4.78, 5) is 36.4. The van der Waals surface area contributed by atoms with E-state index in [0.717, 1.165) is 0 Å². The molecular weight excluding hydrogens is 477 g/mol. The second-order valence-electron chi connectivity index (χ2n) is 6.21. The minimum absolute atomic E-state index is 0.183. The van der Waals surface area contributed by atoms with Gasteiger partial charge in [0, 0.05) is 15.6 Å². The molecule has 162 valence electrons. The summed E-state index contributed by atoms with van der Waals surface area (Å²) >= 11 is 17.6. The second-order valence-corrected chi connectivity index (χ2v) is 7.49. The molecule has 0 aliphatic rings. The molecule has 0 spiro atoms. The van der Waals surface area contributed by atoms with Crippen LogP contribution in [0, 0.1) is 0 Å². The Hall–Kier alpha value is -3.39. The van der Waals surface area contributed by atoms with Crippen molar-refractivity contribution in [3.8, 4) is 5.75 Å². The maximum Gasteiger partial charge on any atom is 0.343 e. The van der Waals surface area contributed by atoms with Gasteiger partial charge in [0.25, 0.3) is 0 Å². The predicted molar refractivity (Wildman–Crippen MR) is 124 cm³/mol. The van der Waals surface area contributed by atoms with Gasteiger partial charge in [0.15, 0.2) is 0 Å². The summed E-state index contributed by atoms with van der Waals surface area (Å²) in [5.74, 6) is -2.41. The average Bonchev–Trinajstić information content (AvgIpc) is 2.77. The van der Waals surface area contributed by atoms with Gasteiger partial charge in [-0.15, -0.1) is 0 Å². The van der Waals surface area contributed by atoms with Gasteiger partial charge in [-0.25, -0.2) is 10.2 Å². The van der Waals surface area contributed by atoms with E-state index in [2.05, 4.69) is 15.8 Å². The molecular formula is C22H14Cl3N3O4. The number of anilines is 1. The summed E-state index contributed by atoms with van der Waals surface area (Å²) in [5, 5.41) is 7.13. The van der Waals surface area contributed by atoms with Gasteiger partial charge in [-0.2, -0.15) is 5.10 Å². The van der Waals surface area contributed by atoms with E-state index < -0.39 is 17.8 Å². The molecule has 2 amide bonds. The van der Waals surface area contributed by atoms with Gasteiger partial charge in [-0.05, 0) is 54.6 Å². The number of carbonyl (C=O) groups is 3. The van der Waals surface area contributed by atoms with Crippen LogP contribution in [0.1, 0.15) is 15.9 Å². The quantitative estimate of drug-likeness (QED) is 0.174. The Balaban J connectivity index is 1.63. The maximum absolute atomic E-state index is 12.3. The molecule has 7 nitrogen and oxygen atoms in total. The molecule has 0 fully saturated rings. The number of ether oxygens (including phenoxy) is 1. The van der Waals surface area contributed by atoms with Crippen molar-refractivity contribution in [2.24, 2.45) is 5.10 Å². The molecule has 3 aromatic carbocycles. The third kappa shape index (κ3) is 6.31. The minimum Gasteiger partial charge on any atom is -0.422 e. The molecule has 0 atom stereocenters. The van der Waals surface area contributed by atoms with Crippen molar-refractivity contribution in [1.29, 1.82) is 0 Å². The third-order valence-corrected chi connectivity index (χ3v) is 4.77. The molecule has 0 heterocycles. The lowest BCUT2D eigenvalue weighted by atomic mass is 10.2. The normalized spacial score (nSPS) is 10.6. The Bertz CT molecular complexity index is 1200. The predicted octanol–water partition coefficient (Wildman–Crippen LogP) is 4.95. The van der Waals surface area contributed by atoms with E-state index in [9.17, 15) is 14.4 Å². The molecule has 0 saturated carbocycles. The minimum atomic E-state index is -1.03. The molecule has 0 bridgehead atoms. The Morgan fingerprint density at radius 2 is 1.53 bits per heavy atom. The van der Waals surface area contributed by atoms with E-state index >= 15 is 0 Å². The van der Waals surface area contributed by atoms with Crippen LogP contribution >= 0.6 is 34.8 Å². The van der Waals surface area contributed by atoms with Crippen LogP contribution in [0.2, 0.25) is 15.1 Å². The number of para-hydroxylation sites is 1. The zero-order valence-corrected chi connectivity index (χ0v) is 18.4. The molecule has 0 unspecified atom stereocenters. The van der Waals surface area contributed by atoms with Crippen molar-refractivity contribution in [3.05, 3.63) is 92.9 Å². The summed E-state index contributed by atoms with van der Waals surface area (Å²) in [6.07, 6.45) is 1.24. The van der Waals surface area contributed by atoms with E-state index in [1.165, 1.54) is 30.5 Å². The van der Waals surface area contributed by atoms with Gasteiger partial charge < -0.3 is 10.1 Å². The van der Waals surface area contributed by atoms with Crippen molar-refractivity contribution < 1.29 is 19.1 Å². The van der Waals surface area contributed by atoms with Crippen LogP contribution in [0.25, 0.3) is 0 Å². The van der Waals surface area contributed by atoms with E-state index in [1.54, 1.807) is 42.5 Å². The van der Waals surface area contributed by atoms with Crippen LogP contribution in [-0.2, 0) is 9.59 Å². The van der Waals surface area contributed by atoms with E-state index in [1.807, 2.05) is 0 Å². The first-order valence-corrected chi connectivity index (χ1v) is 10.1. The number of benzene rings is 3. The van der Waals surface area contributed by atoms with Crippen LogP contribution in [0.5, 0.6) is 5.75 Å². The molecule has 10 heteroatoms. The van der Waals surface area contributed by atoms with Crippen molar-refractivity contribution in [3.63, 3.8) is 0 Å². The van der Waals surface area contributed by atoms with Gasteiger partial charge in [0.05, 0.1) is 22.5 Å². The van der Waals surface area contributed by atoms with Crippen LogP contribution in [0.15, 0.2) is 71.8 Å². The van der Waals surface area contributed by atoms with Crippen LogP contribution in [-0.4, -0.2) is 24.0 Å². The summed E-state index contributed by atoms with van der Waals surface area (Å²) in [6, 6.07) is 17.2. The Morgan fingerprint density at radius 3 is 2.28 bits per heavy atom. The Kier molecular flexibility index (Phi) is 7.83. The van der Waals surface area contributed by atoms with Crippen molar-refractivity contribution in [2.45, 2.75) is 0 Å². The van der Waals surface area contributed by atoms with Crippen LogP contribution < -0.4 is 15.5 Å². The van der Waals surface area contributed by atoms with E-state index in [0.29, 0.717) is 21.2 Å². The first kappa shape index (κ1) is 23.3. The topological polar surface area (TPSA) is 96.9 Å². The number of esters is 1. The SMILES string of the molecule is O=C(N/N=C\c1ccccc1OC(=O)c1ccc(Cl)cc1)C(=O)Nc1cc(Cl)ccc1Cl. The van der Waals surface area contributed by atoms with E-state index in [4.69, 9.17) is 39.5 Å². The number of hydrogen-bond acceptors (Lipinski definition) is 5. The monoisotopic (exact) mass is 489 g/mol. The largest absolute Gasteiger partial charge is 0.422 e. The van der Waals surface area contributed by atoms with Crippen molar-refractivity contribution >= 4 is 64.5 Å². The van der Waals surface area contributed by atoms with Gasteiger partial charge in [-0.3, -0.25) is 9.59 Å². The molecule has 2 N–H and O–H groups in total. The molecule has 3 aromatic rings. The smallest absolute Gasteiger partial charge is 0.343 e. The summed E-state index contributed by atoms with van der Waals surface area (Å²) < 4.78 is 5.39. The second kappa shape index (κ2) is 10.8. The zero-order valence-electron chi connectivity index (χ0n) is 16.1. The number of hydrogen-bond donors (Lipinski definition) is 2. The van der Waals surface area contributed by atoms with Crippen LogP contribution in [0.3, 0.4) is 0 Å². The fraction of sp³-hybridized carbons (Fsp3) is 0. The standard InChI is InChI=1S/C22H14Cl3N3O4/c23-15-7-5-13(6-8-15)22(31)32-19-4-2-1-3-14(19)12-26-28-21(30)20(29)27-18-11-16(24)9-10-17(18)25/h1-12H,(H,27,29)(H,28,30)/b26-12-. The van der Waals surface area contributed by atoms with Gasteiger partial charge in [-0.1, -0.05) is 46.9 Å². The highest BCUT2D eigenvalue weighted by atomic mass is 35.5. The van der Waals surface area contributed by atoms with Crippen molar-refractivity contribution in [2.75, 3.05) is 5.32 Å². The molecule has 0 aliphatic heterocycles. The first-order valence-electron chi connectivity index (χ1n) is 8.99. The lowest BCUT2D eigenvalue weighted by Crippen LogP contribution is -2.32. The molecule has 0 aliphatic carbocycles. The van der Waals surface area contributed by atoms with E-state index in [-0.39, 0.29) is 16.5 Å². The Labute approximate surface area is 197 Å². The molecule has 0 saturated heterocycles. The van der Waals surface area contributed by atoms with Gasteiger partial charge in [0.1, 0.15) is 5.75 Å². The van der Waals surface area contributed by atoms with Gasteiger partial charge >= 0.3 is 17.8 Å². The Morgan fingerprint density at radius 1 is 0.844 bits per heavy atom. The highest BCUT2D eigenvalue weighted by Crippen LogP contribution is 2.25. The molecule has 0 radical (unpaired) electrons. The van der Waals surface area contributed by atoms with Crippen LogP contribution in [0.4, 0.5) is 5.69 Å². The lowest BCUT2D eigenvalue weighted by molar-refractivity contribution is -0.136. The highest BCUT2D eigenvalue weighted by molar-refractivity contribution is 6.42. The number of nitrogens with zero attached hydrogens (tertiary/aromatic N) is 1. The van der Waals surface area contributed by atoms with Gasteiger partial charge in [0.2, 0.25) is 0 Å². The number of hydrazone groups is 1. The molecule has 32 heavy (non-hydrogen) atoms.